The predicted octanol–water partition coefficient (Wildman–Crippen LogP) is 1.83. The Bertz CT molecular complexity index is 503. The van der Waals surface area contributed by atoms with Crippen LogP contribution in [0.25, 0.3) is 5.65 Å². The van der Waals surface area contributed by atoms with Gasteiger partial charge in [0.05, 0.1) is 0 Å². The summed E-state index contributed by atoms with van der Waals surface area (Å²) in [7, 11) is 0. The molecule has 0 N–H and O–H groups in total. The summed E-state index contributed by atoms with van der Waals surface area (Å²) in [6.07, 6.45) is 7.23. The maximum Gasteiger partial charge on any atom is 0.160 e. The van der Waals surface area contributed by atoms with E-state index in [4.69, 9.17) is 6.42 Å². The van der Waals surface area contributed by atoms with Crippen molar-refractivity contribution in [2.24, 2.45) is 0 Å². The molecule has 3 heteroatoms. The topological polar surface area (TPSA) is 30.2 Å². The van der Waals surface area contributed by atoms with Crippen molar-refractivity contribution in [2.75, 3.05) is 0 Å². The van der Waals surface area contributed by atoms with E-state index in [1.165, 1.54) is 0 Å². The largest absolute Gasteiger partial charge is 0.285 e. The van der Waals surface area contributed by atoms with E-state index in [-0.39, 0.29) is 0 Å². The van der Waals surface area contributed by atoms with Crippen molar-refractivity contribution >= 4 is 5.65 Å². The molecule has 0 atom stereocenters. The standard InChI is InChI=1S/C11H11N3/c1-4-9-5-6-10-12-13-11(8(2)3)14(10)7-9/h1,5-8H,2-3H3. The number of terminal acetylenes is 1. The van der Waals surface area contributed by atoms with E-state index in [2.05, 4.69) is 30.0 Å². The van der Waals surface area contributed by atoms with Crippen LogP contribution in [0, 0.1) is 12.3 Å². The van der Waals surface area contributed by atoms with E-state index in [0.29, 0.717) is 5.92 Å². The molecule has 0 aliphatic carbocycles. The van der Waals surface area contributed by atoms with Crippen LogP contribution in [0.15, 0.2) is 18.3 Å². The van der Waals surface area contributed by atoms with Gasteiger partial charge in [0.15, 0.2) is 5.65 Å². The van der Waals surface area contributed by atoms with Crippen LogP contribution in [-0.4, -0.2) is 14.6 Å². The molecule has 0 bridgehead atoms. The van der Waals surface area contributed by atoms with Gasteiger partial charge in [0.25, 0.3) is 0 Å². The monoisotopic (exact) mass is 185 g/mol. The van der Waals surface area contributed by atoms with Crippen molar-refractivity contribution in [3.8, 4) is 12.3 Å². The van der Waals surface area contributed by atoms with E-state index < -0.39 is 0 Å². The lowest BCUT2D eigenvalue weighted by molar-refractivity contribution is 0.759. The van der Waals surface area contributed by atoms with Crippen molar-refractivity contribution in [2.45, 2.75) is 19.8 Å². The Morgan fingerprint density at radius 3 is 2.79 bits per heavy atom. The fourth-order valence-electron chi connectivity index (χ4n) is 1.39. The Morgan fingerprint density at radius 2 is 2.14 bits per heavy atom. The molecule has 0 spiro atoms. The van der Waals surface area contributed by atoms with Crippen molar-refractivity contribution in [3.63, 3.8) is 0 Å². The van der Waals surface area contributed by atoms with Crippen LogP contribution in [0.4, 0.5) is 0 Å². The molecule has 2 rings (SSSR count). The van der Waals surface area contributed by atoms with Crippen LogP contribution >= 0.6 is 0 Å². The lowest BCUT2D eigenvalue weighted by Gasteiger charge is -2.02. The first-order valence-electron chi connectivity index (χ1n) is 4.53. The van der Waals surface area contributed by atoms with E-state index in [1.807, 2.05) is 22.7 Å². The second-order valence-electron chi connectivity index (χ2n) is 3.50. The van der Waals surface area contributed by atoms with Gasteiger partial charge in [0, 0.05) is 17.7 Å². The Hall–Kier alpha value is -1.82. The summed E-state index contributed by atoms with van der Waals surface area (Å²) in [4.78, 5) is 0. The molecule has 0 aliphatic heterocycles. The summed E-state index contributed by atoms with van der Waals surface area (Å²) in [5.74, 6) is 3.89. The SMILES string of the molecule is C#Cc1ccc2nnc(C(C)C)n2c1. The van der Waals surface area contributed by atoms with E-state index >= 15 is 0 Å². The molecule has 2 heterocycles. The third-order valence-electron chi connectivity index (χ3n) is 2.11. The third-order valence-corrected chi connectivity index (χ3v) is 2.11. The lowest BCUT2D eigenvalue weighted by atomic mass is 10.2. The predicted molar refractivity (Wildman–Crippen MR) is 55.0 cm³/mol. The maximum absolute atomic E-state index is 5.33. The average molecular weight is 185 g/mol. The number of fused-ring (bicyclic) bond motifs is 1. The maximum atomic E-state index is 5.33. The zero-order valence-electron chi connectivity index (χ0n) is 8.23. The molecule has 14 heavy (non-hydrogen) atoms. The summed E-state index contributed by atoms with van der Waals surface area (Å²) in [5.41, 5.74) is 1.69. The van der Waals surface area contributed by atoms with Crippen LogP contribution in [0.1, 0.15) is 31.2 Å². The zero-order valence-corrected chi connectivity index (χ0v) is 8.23. The molecule has 70 valence electrons. The number of hydrogen-bond donors (Lipinski definition) is 0. The molecule has 2 aromatic heterocycles. The van der Waals surface area contributed by atoms with Gasteiger partial charge in [-0.2, -0.15) is 0 Å². The minimum atomic E-state index is 0.345. The van der Waals surface area contributed by atoms with Gasteiger partial charge in [-0.15, -0.1) is 16.6 Å². The van der Waals surface area contributed by atoms with Gasteiger partial charge >= 0.3 is 0 Å². The van der Waals surface area contributed by atoms with Gasteiger partial charge in [0.2, 0.25) is 0 Å². The third kappa shape index (κ3) is 1.25. The highest BCUT2D eigenvalue weighted by atomic mass is 15.2. The lowest BCUT2D eigenvalue weighted by Crippen LogP contribution is -1.97. The quantitative estimate of drug-likeness (QED) is 0.634. The van der Waals surface area contributed by atoms with Crippen molar-refractivity contribution in [3.05, 3.63) is 29.7 Å². The number of rotatable bonds is 1. The minimum Gasteiger partial charge on any atom is -0.285 e. The van der Waals surface area contributed by atoms with E-state index in [9.17, 15) is 0 Å². The molecule has 3 nitrogen and oxygen atoms in total. The first kappa shape index (κ1) is 8.76. The Labute approximate surface area is 82.8 Å². The second-order valence-corrected chi connectivity index (χ2v) is 3.50. The van der Waals surface area contributed by atoms with Gasteiger partial charge in [0.1, 0.15) is 5.82 Å². The Balaban J connectivity index is 2.71. The molecule has 0 aromatic carbocycles. The van der Waals surface area contributed by atoms with Crippen molar-refractivity contribution < 1.29 is 0 Å². The molecular formula is C11H11N3. The smallest absolute Gasteiger partial charge is 0.160 e. The van der Waals surface area contributed by atoms with Crippen LogP contribution in [-0.2, 0) is 0 Å². The molecule has 0 fully saturated rings. The Kier molecular flexibility index (Phi) is 1.97. The highest BCUT2D eigenvalue weighted by molar-refractivity contribution is 5.43. The molecule has 0 saturated heterocycles. The molecule has 0 radical (unpaired) electrons. The van der Waals surface area contributed by atoms with Crippen molar-refractivity contribution in [1.82, 2.24) is 14.6 Å². The molecule has 0 unspecified atom stereocenters. The summed E-state index contributed by atoms with van der Waals surface area (Å²) < 4.78 is 1.94. The zero-order chi connectivity index (χ0) is 10.1. The highest BCUT2D eigenvalue weighted by Crippen LogP contribution is 2.13. The van der Waals surface area contributed by atoms with E-state index in [1.54, 1.807) is 0 Å². The number of aromatic nitrogens is 3. The van der Waals surface area contributed by atoms with Crippen LogP contribution in [0.2, 0.25) is 0 Å². The van der Waals surface area contributed by atoms with Crippen LogP contribution in [0.5, 0.6) is 0 Å². The van der Waals surface area contributed by atoms with E-state index in [0.717, 1.165) is 17.0 Å². The van der Waals surface area contributed by atoms with Crippen LogP contribution < -0.4 is 0 Å². The molecule has 0 amide bonds. The summed E-state index contributed by atoms with van der Waals surface area (Å²) in [6.45, 7) is 4.16. The summed E-state index contributed by atoms with van der Waals surface area (Å²) in [5, 5.41) is 8.17. The van der Waals surface area contributed by atoms with Gasteiger partial charge in [-0.05, 0) is 12.1 Å². The number of hydrogen-bond acceptors (Lipinski definition) is 2. The van der Waals surface area contributed by atoms with Gasteiger partial charge < -0.3 is 0 Å². The number of pyridine rings is 1. The van der Waals surface area contributed by atoms with Gasteiger partial charge in [-0.3, -0.25) is 4.40 Å². The van der Waals surface area contributed by atoms with Crippen LogP contribution in [0.3, 0.4) is 0 Å². The number of nitrogens with zero attached hydrogens (tertiary/aromatic N) is 3. The molecule has 0 aliphatic rings. The Morgan fingerprint density at radius 1 is 1.36 bits per heavy atom. The first-order valence-corrected chi connectivity index (χ1v) is 4.53. The summed E-state index contributed by atoms with van der Waals surface area (Å²) in [6, 6.07) is 3.75. The van der Waals surface area contributed by atoms with Gasteiger partial charge in [-0.1, -0.05) is 19.8 Å². The average Bonchev–Trinajstić information content (AvgIpc) is 2.59. The highest BCUT2D eigenvalue weighted by Gasteiger charge is 2.08. The molecule has 0 saturated carbocycles. The van der Waals surface area contributed by atoms with Gasteiger partial charge in [-0.25, -0.2) is 0 Å². The fraction of sp³-hybridized carbons (Fsp3) is 0.273. The molecular weight excluding hydrogens is 174 g/mol. The summed E-state index contributed by atoms with van der Waals surface area (Å²) >= 11 is 0. The normalized spacial score (nSPS) is 10.7. The first-order chi connectivity index (χ1) is 6.72. The molecule has 2 aromatic rings. The second kappa shape index (κ2) is 3.15. The minimum absolute atomic E-state index is 0.345. The van der Waals surface area contributed by atoms with Crippen molar-refractivity contribution in [1.29, 1.82) is 0 Å². The fourth-order valence-corrected chi connectivity index (χ4v) is 1.39.